The molecule has 0 bridgehead atoms. The summed E-state index contributed by atoms with van der Waals surface area (Å²) < 4.78 is 11.5. The molecule has 7 nitrogen and oxygen atoms in total. The van der Waals surface area contributed by atoms with Gasteiger partial charge in [0.15, 0.2) is 0 Å². The molecule has 2 fully saturated rings. The van der Waals surface area contributed by atoms with E-state index in [0.29, 0.717) is 48.6 Å². The maximum atomic E-state index is 9.71. The minimum atomic E-state index is 0.0782. The third-order valence-corrected chi connectivity index (χ3v) is 7.04. The standard InChI is InChI=1S/C28H30N4O3/c29-17-22-16-20(4-5-27(22)35-23-8-12-34-13-9-23)25-7-11-31-28(32-25)15-19-6-10-30-26(14-19)24-3-1-2-21(24)18-33/h4-7,10-11,14,16,21,23-24,33H,1-3,8-9,12-13,15,18H2/t21-,24?/m0/s1. The molecule has 1 N–H and O–H groups in total. The fraction of sp³-hybridized carbons (Fsp3) is 0.429. The molecule has 5 rings (SSSR count). The van der Waals surface area contributed by atoms with Gasteiger partial charge in [0.05, 0.1) is 24.5 Å². The van der Waals surface area contributed by atoms with Gasteiger partial charge >= 0.3 is 0 Å². The molecule has 1 aliphatic carbocycles. The number of aromatic nitrogens is 3. The van der Waals surface area contributed by atoms with Gasteiger partial charge < -0.3 is 14.6 Å². The summed E-state index contributed by atoms with van der Waals surface area (Å²) in [4.78, 5) is 13.9. The molecule has 1 saturated heterocycles. The molecule has 1 aliphatic heterocycles. The van der Waals surface area contributed by atoms with Crippen LogP contribution >= 0.6 is 0 Å². The van der Waals surface area contributed by atoms with Gasteiger partial charge in [-0.3, -0.25) is 4.98 Å². The summed E-state index contributed by atoms with van der Waals surface area (Å²) in [7, 11) is 0. The van der Waals surface area contributed by atoms with Gasteiger partial charge in [0.1, 0.15) is 23.7 Å². The summed E-state index contributed by atoms with van der Waals surface area (Å²) >= 11 is 0. The Kier molecular flexibility index (Phi) is 7.31. The maximum absolute atomic E-state index is 9.71. The second kappa shape index (κ2) is 10.9. The molecule has 1 unspecified atom stereocenters. The quantitative estimate of drug-likeness (QED) is 0.545. The number of pyridine rings is 1. The smallest absolute Gasteiger partial charge is 0.137 e. The fourth-order valence-corrected chi connectivity index (χ4v) is 5.13. The van der Waals surface area contributed by atoms with Crippen LogP contribution in [0.5, 0.6) is 5.75 Å². The molecule has 2 atom stereocenters. The molecular weight excluding hydrogens is 440 g/mol. The molecule has 2 aliphatic rings. The van der Waals surface area contributed by atoms with Crippen LogP contribution in [0.1, 0.15) is 60.7 Å². The van der Waals surface area contributed by atoms with Crippen LogP contribution in [0.4, 0.5) is 0 Å². The number of nitrogens with zero attached hydrogens (tertiary/aromatic N) is 4. The van der Waals surface area contributed by atoms with Crippen LogP contribution in [-0.2, 0) is 11.2 Å². The van der Waals surface area contributed by atoms with Crippen molar-refractivity contribution in [3.8, 4) is 23.1 Å². The first-order chi connectivity index (χ1) is 17.2. The lowest BCUT2D eigenvalue weighted by atomic mass is 9.92. The summed E-state index contributed by atoms with van der Waals surface area (Å²) in [5.74, 6) is 1.93. The molecule has 1 aromatic carbocycles. The molecule has 3 aromatic rings. The van der Waals surface area contributed by atoms with Gasteiger partial charge in [-0.25, -0.2) is 9.97 Å². The highest BCUT2D eigenvalue weighted by Crippen LogP contribution is 2.38. The molecule has 3 heterocycles. The highest BCUT2D eigenvalue weighted by molar-refractivity contribution is 5.64. The summed E-state index contributed by atoms with van der Waals surface area (Å²) in [6, 6.07) is 13.9. The van der Waals surface area contributed by atoms with Gasteiger partial charge in [-0.05, 0) is 60.7 Å². The van der Waals surface area contributed by atoms with E-state index in [4.69, 9.17) is 14.5 Å². The fourth-order valence-electron chi connectivity index (χ4n) is 5.13. The Morgan fingerprint density at radius 3 is 2.71 bits per heavy atom. The minimum Gasteiger partial charge on any atom is -0.489 e. The van der Waals surface area contributed by atoms with Crippen molar-refractivity contribution in [2.24, 2.45) is 5.92 Å². The number of hydrogen-bond donors (Lipinski definition) is 1. The zero-order chi connectivity index (χ0) is 24.0. The zero-order valence-corrected chi connectivity index (χ0v) is 19.8. The molecule has 2 aromatic heterocycles. The Labute approximate surface area is 205 Å². The molecule has 35 heavy (non-hydrogen) atoms. The number of aliphatic hydroxyl groups is 1. The second-order valence-electron chi connectivity index (χ2n) is 9.36. The first-order valence-corrected chi connectivity index (χ1v) is 12.4. The van der Waals surface area contributed by atoms with E-state index in [2.05, 4.69) is 22.1 Å². The molecule has 7 heteroatoms. The Bertz CT molecular complexity index is 1200. The zero-order valence-electron chi connectivity index (χ0n) is 19.8. The van der Waals surface area contributed by atoms with Crippen LogP contribution in [0.25, 0.3) is 11.3 Å². The highest BCUT2D eigenvalue weighted by Gasteiger charge is 2.29. The van der Waals surface area contributed by atoms with E-state index in [1.807, 2.05) is 36.5 Å². The lowest BCUT2D eigenvalue weighted by Crippen LogP contribution is -2.26. The topological polar surface area (TPSA) is 101 Å². The molecular formula is C28H30N4O3. The third kappa shape index (κ3) is 5.50. The average Bonchev–Trinajstić information content (AvgIpc) is 3.39. The van der Waals surface area contributed by atoms with E-state index in [0.717, 1.165) is 54.6 Å². The Morgan fingerprint density at radius 1 is 1.03 bits per heavy atom. The molecule has 0 spiro atoms. The van der Waals surface area contributed by atoms with Gasteiger partial charge in [0.25, 0.3) is 0 Å². The van der Waals surface area contributed by atoms with Crippen LogP contribution in [0, 0.1) is 17.2 Å². The molecule has 180 valence electrons. The van der Waals surface area contributed by atoms with Crippen LogP contribution in [0.2, 0.25) is 0 Å². The van der Waals surface area contributed by atoms with Crippen LogP contribution in [0.15, 0.2) is 48.8 Å². The number of rotatable bonds is 7. The van der Waals surface area contributed by atoms with Crippen LogP contribution < -0.4 is 4.74 Å². The van der Waals surface area contributed by atoms with Crippen molar-refractivity contribution in [1.82, 2.24) is 15.0 Å². The van der Waals surface area contributed by atoms with E-state index in [-0.39, 0.29) is 12.7 Å². The SMILES string of the molecule is N#Cc1cc(-c2ccnc(Cc3ccnc(C4CCC[C@H]4CO)c3)n2)ccc1OC1CCOCC1. The van der Waals surface area contributed by atoms with E-state index in [1.165, 1.54) is 0 Å². The average molecular weight is 471 g/mol. The summed E-state index contributed by atoms with van der Waals surface area (Å²) in [6.45, 7) is 1.59. The van der Waals surface area contributed by atoms with Crippen LogP contribution in [0.3, 0.4) is 0 Å². The lowest BCUT2D eigenvalue weighted by molar-refractivity contribution is 0.0254. The van der Waals surface area contributed by atoms with Crippen molar-refractivity contribution >= 4 is 0 Å². The highest BCUT2D eigenvalue weighted by atomic mass is 16.5. The molecule has 0 radical (unpaired) electrons. The van der Waals surface area contributed by atoms with E-state index in [1.54, 1.807) is 6.20 Å². The van der Waals surface area contributed by atoms with E-state index >= 15 is 0 Å². The number of nitriles is 1. The number of aliphatic hydroxyl groups excluding tert-OH is 1. The van der Waals surface area contributed by atoms with Gasteiger partial charge in [-0.1, -0.05) is 6.42 Å². The monoisotopic (exact) mass is 470 g/mol. The van der Waals surface area contributed by atoms with Crippen molar-refractivity contribution in [2.45, 2.75) is 50.5 Å². The Balaban J connectivity index is 1.33. The molecule has 1 saturated carbocycles. The summed E-state index contributed by atoms with van der Waals surface area (Å²) in [5, 5.41) is 19.4. The van der Waals surface area contributed by atoms with E-state index in [9.17, 15) is 10.4 Å². The van der Waals surface area contributed by atoms with Crippen LogP contribution in [-0.4, -0.2) is 46.0 Å². The van der Waals surface area contributed by atoms with Crippen molar-refractivity contribution in [3.63, 3.8) is 0 Å². The van der Waals surface area contributed by atoms with Gasteiger partial charge in [-0.2, -0.15) is 5.26 Å². The van der Waals surface area contributed by atoms with Crippen molar-refractivity contribution < 1.29 is 14.6 Å². The maximum Gasteiger partial charge on any atom is 0.137 e. The van der Waals surface area contributed by atoms with Gasteiger partial charge in [-0.15, -0.1) is 0 Å². The lowest BCUT2D eigenvalue weighted by Gasteiger charge is -2.23. The Morgan fingerprint density at radius 2 is 1.89 bits per heavy atom. The van der Waals surface area contributed by atoms with Gasteiger partial charge in [0, 0.05) is 55.4 Å². The van der Waals surface area contributed by atoms with Crippen molar-refractivity contribution in [1.29, 1.82) is 5.26 Å². The number of benzene rings is 1. The van der Waals surface area contributed by atoms with E-state index < -0.39 is 0 Å². The number of ether oxygens (including phenoxy) is 2. The normalized spacial score (nSPS) is 20.5. The Hall–Kier alpha value is -3.34. The third-order valence-electron chi connectivity index (χ3n) is 7.04. The predicted octanol–water partition coefficient (Wildman–Crippen LogP) is 4.43. The van der Waals surface area contributed by atoms with Gasteiger partial charge in [0.2, 0.25) is 0 Å². The largest absolute Gasteiger partial charge is 0.489 e. The number of hydrogen-bond acceptors (Lipinski definition) is 7. The first kappa shape index (κ1) is 23.4. The summed E-state index contributed by atoms with van der Waals surface area (Å²) in [6.07, 6.45) is 9.21. The second-order valence-corrected chi connectivity index (χ2v) is 9.36. The van der Waals surface area contributed by atoms with Crippen molar-refractivity contribution in [3.05, 3.63) is 71.4 Å². The summed E-state index contributed by atoms with van der Waals surface area (Å²) in [5.41, 5.74) is 4.29. The minimum absolute atomic E-state index is 0.0782. The molecule has 0 amide bonds. The first-order valence-electron chi connectivity index (χ1n) is 12.4. The predicted molar refractivity (Wildman–Crippen MR) is 131 cm³/mol. The van der Waals surface area contributed by atoms with Crippen molar-refractivity contribution in [2.75, 3.05) is 19.8 Å².